The highest BCUT2D eigenvalue weighted by molar-refractivity contribution is 7.80. The van der Waals surface area contributed by atoms with Crippen molar-refractivity contribution in [2.45, 2.75) is 38.0 Å². The maximum Gasteiger partial charge on any atom is 0.257 e. The van der Waals surface area contributed by atoms with Crippen LogP contribution in [0.2, 0.25) is 0 Å². The molecule has 2 aliphatic rings. The van der Waals surface area contributed by atoms with Gasteiger partial charge in [0.15, 0.2) is 0 Å². The maximum absolute atomic E-state index is 12.2. The van der Waals surface area contributed by atoms with Gasteiger partial charge in [0, 0.05) is 5.56 Å². The topological polar surface area (TPSA) is 29.1 Å². The smallest absolute Gasteiger partial charge is 0.257 e. The minimum absolute atomic E-state index is 0.0377. The Morgan fingerprint density at radius 1 is 1.26 bits per heavy atom. The van der Waals surface area contributed by atoms with Gasteiger partial charge in [-0.15, -0.1) is 0 Å². The Bertz CT molecular complexity index is 570. The van der Waals surface area contributed by atoms with E-state index in [-0.39, 0.29) is 5.91 Å². The van der Waals surface area contributed by atoms with Crippen molar-refractivity contribution < 1.29 is 4.79 Å². The van der Waals surface area contributed by atoms with Gasteiger partial charge in [0.25, 0.3) is 5.91 Å². The Kier molecular flexibility index (Phi) is 3.23. The third-order valence-corrected chi connectivity index (χ3v) is 4.53. The van der Waals surface area contributed by atoms with Crippen LogP contribution in [0.5, 0.6) is 0 Å². The molecule has 1 fully saturated rings. The van der Waals surface area contributed by atoms with Gasteiger partial charge in [-0.05, 0) is 29.9 Å². The lowest BCUT2D eigenvalue weighted by atomic mass is 9.79. The van der Waals surface area contributed by atoms with E-state index in [9.17, 15) is 4.79 Å². The van der Waals surface area contributed by atoms with E-state index in [1.807, 2.05) is 18.2 Å². The molecule has 0 radical (unpaired) electrons. The Hall–Kier alpha value is -1.48. The van der Waals surface area contributed by atoms with Crippen molar-refractivity contribution in [2.24, 2.45) is 0 Å². The van der Waals surface area contributed by atoms with Crippen molar-refractivity contribution in [1.82, 2.24) is 5.32 Å². The second-order valence-electron chi connectivity index (χ2n) is 5.31. The van der Waals surface area contributed by atoms with E-state index in [0.29, 0.717) is 10.9 Å². The summed E-state index contributed by atoms with van der Waals surface area (Å²) >= 11 is 5.23. The summed E-state index contributed by atoms with van der Waals surface area (Å²) in [7, 11) is 0. The van der Waals surface area contributed by atoms with Gasteiger partial charge >= 0.3 is 0 Å². The molecule has 1 aromatic carbocycles. The molecule has 0 spiro atoms. The molecule has 19 heavy (non-hydrogen) atoms. The van der Waals surface area contributed by atoms with Crippen LogP contribution in [0.15, 0.2) is 18.7 Å². The van der Waals surface area contributed by atoms with Crippen LogP contribution in [0.1, 0.15) is 65.1 Å². The van der Waals surface area contributed by atoms with Crippen molar-refractivity contribution in [3.05, 3.63) is 41.0 Å². The molecule has 1 aromatic rings. The van der Waals surface area contributed by atoms with Crippen molar-refractivity contribution in [1.29, 1.82) is 0 Å². The first-order valence-electron chi connectivity index (χ1n) is 6.87. The molecule has 3 heteroatoms. The van der Waals surface area contributed by atoms with Crippen LogP contribution in [-0.4, -0.2) is 10.9 Å². The first kappa shape index (κ1) is 12.5. The van der Waals surface area contributed by atoms with E-state index < -0.39 is 0 Å². The summed E-state index contributed by atoms with van der Waals surface area (Å²) in [6, 6.07) is 3.99. The van der Waals surface area contributed by atoms with Gasteiger partial charge in [-0.25, -0.2) is 0 Å². The number of carbonyl (C=O) groups is 1. The average molecular weight is 271 g/mol. The van der Waals surface area contributed by atoms with E-state index in [0.717, 1.165) is 29.5 Å². The van der Waals surface area contributed by atoms with E-state index in [1.165, 1.54) is 24.8 Å². The number of fused-ring (bicyclic) bond motifs is 1. The number of carbonyl (C=O) groups excluding carboxylic acids is 1. The van der Waals surface area contributed by atoms with Gasteiger partial charge in [0.05, 0.1) is 5.56 Å². The first-order chi connectivity index (χ1) is 9.22. The van der Waals surface area contributed by atoms with E-state index >= 15 is 0 Å². The number of hydrogen-bond donors (Lipinski definition) is 1. The fourth-order valence-electron chi connectivity index (χ4n) is 3.31. The van der Waals surface area contributed by atoms with E-state index in [1.54, 1.807) is 0 Å². The lowest BCUT2D eigenvalue weighted by molar-refractivity contribution is 0.0982. The molecule has 98 valence electrons. The number of benzene rings is 1. The summed E-state index contributed by atoms with van der Waals surface area (Å²) in [6.07, 6.45) is 7.99. The highest BCUT2D eigenvalue weighted by Crippen LogP contribution is 2.39. The van der Waals surface area contributed by atoms with Crippen LogP contribution in [0.4, 0.5) is 0 Å². The van der Waals surface area contributed by atoms with Crippen molar-refractivity contribution >= 4 is 29.2 Å². The number of rotatable bonds is 2. The second-order valence-corrected chi connectivity index (χ2v) is 5.72. The van der Waals surface area contributed by atoms with Crippen LogP contribution in [-0.2, 0) is 0 Å². The summed E-state index contributed by atoms with van der Waals surface area (Å²) in [5.41, 5.74) is 3.95. The summed E-state index contributed by atoms with van der Waals surface area (Å²) in [5, 5.41) is 2.77. The number of thiocarbonyl (C=S) groups is 1. The van der Waals surface area contributed by atoms with E-state index in [4.69, 9.17) is 12.2 Å². The molecule has 1 heterocycles. The third kappa shape index (κ3) is 2.02. The average Bonchev–Trinajstić information content (AvgIpc) is 2.74. The molecule has 2 nitrogen and oxygen atoms in total. The van der Waals surface area contributed by atoms with Gasteiger partial charge in [-0.1, -0.05) is 56.3 Å². The highest BCUT2D eigenvalue weighted by Gasteiger charge is 2.31. The molecular formula is C16H17NOS. The lowest BCUT2D eigenvalue weighted by Gasteiger charge is -2.25. The molecule has 0 unspecified atom stereocenters. The van der Waals surface area contributed by atoms with Crippen LogP contribution in [0.25, 0.3) is 6.08 Å². The van der Waals surface area contributed by atoms with Crippen molar-refractivity contribution in [3.8, 4) is 0 Å². The molecule has 0 saturated heterocycles. The van der Waals surface area contributed by atoms with Gasteiger partial charge in [0.2, 0.25) is 0 Å². The largest absolute Gasteiger partial charge is 0.312 e. The molecule has 1 amide bonds. The Morgan fingerprint density at radius 2 is 2.00 bits per heavy atom. The minimum atomic E-state index is -0.0377. The SMILES string of the molecule is C=Cc1ccc2c(c1C1CCCCC1)C(=O)NC2=S. The predicted molar refractivity (Wildman–Crippen MR) is 81.5 cm³/mol. The van der Waals surface area contributed by atoms with E-state index in [2.05, 4.69) is 11.9 Å². The second kappa shape index (κ2) is 4.89. The standard InChI is InChI=1S/C16H17NOS/c1-2-10-8-9-12-14(15(18)17-16(12)19)13(10)11-6-4-3-5-7-11/h2,8-9,11H,1,3-7H2,(H,17,18,19). The highest BCUT2D eigenvalue weighted by atomic mass is 32.1. The van der Waals surface area contributed by atoms with Gasteiger partial charge in [-0.3, -0.25) is 4.79 Å². The van der Waals surface area contributed by atoms with Crippen molar-refractivity contribution in [3.63, 3.8) is 0 Å². The summed E-state index contributed by atoms with van der Waals surface area (Å²) in [4.78, 5) is 12.7. The monoisotopic (exact) mass is 271 g/mol. The van der Waals surface area contributed by atoms with Gasteiger partial charge in [-0.2, -0.15) is 0 Å². The summed E-state index contributed by atoms with van der Waals surface area (Å²) < 4.78 is 0. The molecular weight excluding hydrogens is 254 g/mol. The molecule has 3 rings (SSSR count). The number of hydrogen-bond acceptors (Lipinski definition) is 2. The quantitative estimate of drug-likeness (QED) is 0.829. The molecule has 0 bridgehead atoms. The normalized spacial score (nSPS) is 19.2. The summed E-state index contributed by atoms with van der Waals surface area (Å²) in [5.74, 6) is 0.438. The van der Waals surface area contributed by atoms with Crippen LogP contribution < -0.4 is 5.32 Å². The number of amides is 1. The minimum Gasteiger partial charge on any atom is -0.312 e. The fraction of sp³-hybridized carbons (Fsp3) is 0.375. The summed E-state index contributed by atoms with van der Waals surface area (Å²) in [6.45, 7) is 3.89. The molecule has 0 aromatic heterocycles. The zero-order valence-corrected chi connectivity index (χ0v) is 11.7. The van der Waals surface area contributed by atoms with Crippen LogP contribution in [0.3, 0.4) is 0 Å². The van der Waals surface area contributed by atoms with Crippen molar-refractivity contribution in [2.75, 3.05) is 0 Å². The zero-order valence-electron chi connectivity index (χ0n) is 10.9. The first-order valence-corrected chi connectivity index (χ1v) is 7.28. The lowest BCUT2D eigenvalue weighted by Crippen LogP contribution is -2.20. The maximum atomic E-state index is 12.2. The Morgan fingerprint density at radius 3 is 2.68 bits per heavy atom. The third-order valence-electron chi connectivity index (χ3n) is 4.21. The fourth-order valence-corrected chi connectivity index (χ4v) is 3.57. The van der Waals surface area contributed by atoms with Gasteiger partial charge < -0.3 is 5.32 Å². The number of nitrogens with one attached hydrogen (secondary N) is 1. The molecule has 1 aliphatic heterocycles. The Balaban J connectivity index is 2.17. The van der Waals surface area contributed by atoms with Crippen LogP contribution >= 0.6 is 12.2 Å². The van der Waals surface area contributed by atoms with Gasteiger partial charge in [0.1, 0.15) is 4.99 Å². The molecule has 0 atom stereocenters. The predicted octanol–water partition coefficient (Wildman–Crippen LogP) is 3.80. The Labute approximate surface area is 118 Å². The molecule has 1 N–H and O–H groups in total. The molecule has 1 saturated carbocycles. The zero-order chi connectivity index (χ0) is 13.4. The van der Waals surface area contributed by atoms with Crippen LogP contribution in [0, 0.1) is 0 Å². The molecule has 1 aliphatic carbocycles.